The third-order valence-corrected chi connectivity index (χ3v) is 4.31. The van der Waals surface area contributed by atoms with Crippen molar-refractivity contribution in [3.8, 4) is 0 Å². The fourth-order valence-corrected chi connectivity index (χ4v) is 3.08. The van der Waals surface area contributed by atoms with E-state index in [0.717, 1.165) is 13.1 Å². The molecule has 1 atom stereocenters. The molecule has 0 aromatic heterocycles. The highest BCUT2D eigenvalue weighted by Gasteiger charge is 2.23. The second-order valence-electron chi connectivity index (χ2n) is 5.33. The molecule has 2 nitrogen and oxygen atoms in total. The molecule has 1 saturated carbocycles. The lowest BCUT2D eigenvalue weighted by atomic mass is 9.92. The average molecular weight is 283 g/mol. The van der Waals surface area contributed by atoms with Crippen LogP contribution in [0.25, 0.3) is 0 Å². The number of anilines is 1. The summed E-state index contributed by atoms with van der Waals surface area (Å²) in [7, 11) is 0. The summed E-state index contributed by atoms with van der Waals surface area (Å²) in [5, 5.41) is 0. The zero-order chi connectivity index (χ0) is 13.0. The Morgan fingerprint density at radius 3 is 2.11 bits per heavy atom. The van der Waals surface area contributed by atoms with Crippen molar-refractivity contribution in [2.24, 2.45) is 11.7 Å². The molecule has 0 saturated heterocycles. The Balaban J connectivity index is 0.00000180. The first-order valence-corrected chi connectivity index (χ1v) is 7.36. The number of hydrogen-bond acceptors (Lipinski definition) is 2. The lowest BCUT2D eigenvalue weighted by Gasteiger charge is -2.23. The zero-order valence-electron chi connectivity index (χ0n) is 12.1. The molecule has 1 aromatic rings. The van der Waals surface area contributed by atoms with Crippen LogP contribution in [0.1, 0.15) is 51.1 Å². The fraction of sp³-hybridized carbons (Fsp3) is 0.625. The molecule has 0 heterocycles. The molecular formula is C16H27ClN2. The van der Waals surface area contributed by atoms with Gasteiger partial charge >= 0.3 is 0 Å². The first-order valence-electron chi connectivity index (χ1n) is 7.36. The first-order chi connectivity index (χ1) is 8.76. The van der Waals surface area contributed by atoms with Crippen LogP contribution in [0, 0.1) is 5.92 Å². The molecule has 108 valence electrons. The van der Waals surface area contributed by atoms with Crippen LogP contribution in [0.15, 0.2) is 24.3 Å². The van der Waals surface area contributed by atoms with Crippen molar-refractivity contribution in [1.82, 2.24) is 0 Å². The summed E-state index contributed by atoms with van der Waals surface area (Å²) in [5.41, 5.74) is 8.99. The fourth-order valence-electron chi connectivity index (χ4n) is 3.08. The number of benzene rings is 1. The van der Waals surface area contributed by atoms with E-state index in [0.29, 0.717) is 5.92 Å². The van der Waals surface area contributed by atoms with Crippen LogP contribution in [0.4, 0.5) is 5.69 Å². The van der Waals surface area contributed by atoms with Crippen LogP contribution in [0.3, 0.4) is 0 Å². The van der Waals surface area contributed by atoms with E-state index in [1.54, 1.807) is 0 Å². The van der Waals surface area contributed by atoms with Gasteiger partial charge in [-0.05, 0) is 50.3 Å². The monoisotopic (exact) mass is 282 g/mol. The average Bonchev–Trinajstić information content (AvgIpc) is 2.94. The van der Waals surface area contributed by atoms with E-state index in [1.165, 1.54) is 36.9 Å². The molecule has 0 spiro atoms. The minimum Gasteiger partial charge on any atom is -0.372 e. The van der Waals surface area contributed by atoms with Gasteiger partial charge in [-0.25, -0.2) is 0 Å². The second-order valence-corrected chi connectivity index (χ2v) is 5.33. The van der Waals surface area contributed by atoms with Gasteiger partial charge < -0.3 is 10.6 Å². The second kappa shape index (κ2) is 7.76. The summed E-state index contributed by atoms with van der Waals surface area (Å²) in [5.74, 6) is 0.698. The van der Waals surface area contributed by atoms with E-state index in [9.17, 15) is 0 Å². The van der Waals surface area contributed by atoms with E-state index in [2.05, 4.69) is 43.0 Å². The summed E-state index contributed by atoms with van der Waals surface area (Å²) in [6.07, 6.45) is 5.32. The van der Waals surface area contributed by atoms with Gasteiger partial charge in [-0.15, -0.1) is 12.4 Å². The molecule has 0 unspecified atom stereocenters. The van der Waals surface area contributed by atoms with Crippen LogP contribution < -0.4 is 10.6 Å². The SMILES string of the molecule is CCN(CC)c1ccc([C@H](N)C2CCCC2)cc1.Cl. The topological polar surface area (TPSA) is 29.3 Å². The Morgan fingerprint density at radius 1 is 1.11 bits per heavy atom. The predicted octanol–water partition coefficient (Wildman–Crippen LogP) is 4.14. The predicted molar refractivity (Wildman–Crippen MR) is 86.1 cm³/mol. The van der Waals surface area contributed by atoms with Crippen molar-refractivity contribution >= 4 is 18.1 Å². The number of nitrogens with two attached hydrogens (primary N) is 1. The lowest BCUT2D eigenvalue weighted by Crippen LogP contribution is -2.22. The van der Waals surface area contributed by atoms with Gasteiger partial charge in [0.25, 0.3) is 0 Å². The third-order valence-electron chi connectivity index (χ3n) is 4.31. The van der Waals surface area contributed by atoms with E-state index < -0.39 is 0 Å². The van der Waals surface area contributed by atoms with Crippen molar-refractivity contribution in [3.63, 3.8) is 0 Å². The summed E-state index contributed by atoms with van der Waals surface area (Å²) in [6.45, 7) is 6.51. The molecule has 1 aliphatic rings. The molecule has 1 aliphatic carbocycles. The Bertz CT molecular complexity index is 354. The van der Waals surface area contributed by atoms with Crippen molar-refractivity contribution in [3.05, 3.63) is 29.8 Å². The van der Waals surface area contributed by atoms with Gasteiger partial charge in [-0.2, -0.15) is 0 Å². The Morgan fingerprint density at radius 2 is 1.63 bits per heavy atom. The van der Waals surface area contributed by atoms with Gasteiger partial charge in [0.15, 0.2) is 0 Å². The van der Waals surface area contributed by atoms with Gasteiger partial charge in [0.2, 0.25) is 0 Å². The van der Waals surface area contributed by atoms with Crippen LogP contribution >= 0.6 is 12.4 Å². The van der Waals surface area contributed by atoms with E-state index in [-0.39, 0.29) is 18.4 Å². The highest BCUT2D eigenvalue weighted by molar-refractivity contribution is 5.85. The molecule has 0 bridgehead atoms. The molecule has 0 amide bonds. The minimum absolute atomic E-state index is 0. The molecule has 2 N–H and O–H groups in total. The Hall–Kier alpha value is -0.730. The molecule has 1 aromatic carbocycles. The minimum atomic E-state index is 0. The highest BCUT2D eigenvalue weighted by Crippen LogP contribution is 2.34. The summed E-state index contributed by atoms with van der Waals surface area (Å²) >= 11 is 0. The van der Waals surface area contributed by atoms with Crippen molar-refractivity contribution in [2.75, 3.05) is 18.0 Å². The van der Waals surface area contributed by atoms with Gasteiger partial charge in [0.1, 0.15) is 0 Å². The molecular weight excluding hydrogens is 256 g/mol. The van der Waals surface area contributed by atoms with Crippen LogP contribution in [0.2, 0.25) is 0 Å². The van der Waals surface area contributed by atoms with Crippen molar-refractivity contribution in [1.29, 1.82) is 0 Å². The van der Waals surface area contributed by atoms with Gasteiger partial charge in [-0.1, -0.05) is 25.0 Å². The zero-order valence-corrected chi connectivity index (χ0v) is 13.0. The number of hydrogen-bond donors (Lipinski definition) is 1. The maximum atomic E-state index is 6.38. The summed E-state index contributed by atoms with van der Waals surface area (Å²) < 4.78 is 0. The van der Waals surface area contributed by atoms with Crippen LogP contribution in [-0.2, 0) is 0 Å². The molecule has 19 heavy (non-hydrogen) atoms. The van der Waals surface area contributed by atoms with Crippen molar-refractivity contribution in [2.45, 2.75) is 45.6 Å². The standard InChI is InChI=1S/C16H26N2.ClH/c1-3-18(4-2)15-11-9-14(10-12-15)16(17)13-7-5-6-8-13;/h9-13,16H,3-8,17H2,1-2H3;1H/t16-;/m1./s1. The molecule has 3 heteroatoms. The maximum Gasteiger partial charge on any atom is 0.0366 e. The van der Waals surface area contributed by atoms with Crippen LogP contribution in [-0.4, -0.2) is 13.1 Å². The van der Waals surface area contributed by atoms with Crippen LogP contribution in [0.5, 0.6) is 0 Å². The summed E-state index contributed by atoms with van der Waals surface area (Å²) in [6, 6.07) is 9.11. The smallest absolute Gasteiger partial charge is 0.0366 e. The first kappa shape index (κ1) is 16.3. The Kier molecular flexibility index (Phi) is 6.67. The normalized spacial score (nSPS) is 17.0. The van der Waals surface area contributed by atoms with E-state index >= 15 is 0 Å². The van der Waals surface area contributed by atoms with E-state index in [4.69, 9.17) is 5.73 Å². The third kappa shape index (κ3) is 3.87. The molecule has 0 radical (unpaired) electrons. The summed E-state index contributed by atoms with van der Waals surface area (Å²) in [4.78, 5) is 2.37. The van der Waals surface area contributed by atoms with Gasteiger partial charge in [0.05, 0.1) is 0 Å². The van der Waals surface area contributed by atoms with Crippen molar-refractivity contribution < 1.29 is 0 Å². The molecule has 0 aliphatic heterocycles. The molecule has 1 fully saturated rings. The quantitative estimate of drug-likeness (QED) is 0.879. The van der Waals surface area contributed by atoms with E-state index in [1.807, 2.05) is 0 Å². The Labute approximate surface area is 123 Å². The molecule has 2 rings (SSSR count). The number of rotatable bonds is 5. The maximum absolute atomic E-state index is 6.38. The number of halogens is 1. The number of nitrogens with zero attached hydrogens (tertiary/aromatic N) is 1. The van der Waals surface area contributed by atoms with Gasteiger partial charge in [-0.3, -0.25) is 0 Å². The lowest BCUT2D eigenvalue weighted by molar-refractivity contribution is 0.445. The largest absolute Gasteiger partial charge is 0.372 e. The van der Waals surface area contributed by atoms with Gasteiger partial charge in [0, 0.05) is 24.8 Å². The highest BCUT2D eigenvalue weighted by atomic mass is 35.5.